The fourth-order valence-corrected chi connectivity index (χ4v) is 6.38. The maximum atomic E-state index is 12.7. The predicted octanol–water partition coefficient (Wildman–Crippen LogP) is 4.89. The lowest BCUT2D eigenvalue weighted by Crippen LogP contribution is -2.33. The summed E-state index contributed by atoms with van der Waals surface area (Å²) in [5, 5.41) is 0. The predicted molar refractivity (Wildman–Crippen MR) is 157 cm³/mol. The summed E-state index contributed by atoms with van der Waals surface area (Å²) < 4.78 is 56.5. The number of hydrogen-bond acceptors (Lipinski definition) is 7. The van der Waals surface area contributed by atoms with Gasteiger partial charge in [0.15, 0.2) is 0 Å². The first-order chi connectivity index (χ1) is 18.6. The number of anilines is 2. The molecule has 13 heteroatoms. The molecule has 0 fully saturated rings. The van der Waals surface area contributed by atoms with Crippen molar-refractivity contribution in [2.24, 2.45) is 0 Å². The zero-order valence-corrected chi connectivity index (χ0v) is 24.5. The summed E-state index contributed by atoms with van der Waals surface area (Å²) in [6.45, 7) is 0.0656. The van der Waals surface area contributed by atoms with Gasteiger partial charge in [0.2, 0.25) is 20.0 Å². The summed E-state index contributed by atoms with van der Waals surface area (Å²) in [6.07, 6.45) is 2.20. The van der Waals surface area contributed by atoms with Crippen molar-refractivity contribution in [3.05, 3.63) is 90.3 Å². The number of nitrogens with zero attached hydrogens (tertiary/aromatic N) is 2. The second-order valence-corrected chi connectivity index (χ2v) is 12.7. The highest BCUT2D eigenvalue weighted by Crippen LogP contribution is 2.21. The Balaban J connectivity index is 0.000000322. The second kappa shape index (κ2) is 16.3. The number of pyridine rings is 1. The van der Waals surface area contributed by atoms with E-state index in [-0.39, 0.29) is 23.9 Å². The van der Waals surface area contributed by atoms with Crippen LogP contribution in [0.15, 0.2) is 79.0 Å². The van der Waals surface area contributed by atoms with Gasteiger partial charge in [0, 0.05) is 23.6 Å². The van der Waals surface area contributed by atoms with Gasteiger partial charge in [0.25, 0.3) is 0 Å². The zero-order chi connectivity index (χ0) is 28.7. The summed E-state index contributed by atoms with van der Waals surface area (Å²) in [5.74, 6) is 0.148. The molecule has 0 unspecified atom stereocenters. The average Bonchev–Trinajstić information content (AvgIpc) is 2.94. The maximum Gasteiger partial charge on any atom is 0.339 e. The van der Waals surface area contributed by atoms with Crippen LogP contribution < -0.4 is 9.03 Å². The molecule has 0 bridgehead atoms. The Morgan fingerprint density at radius 2 is 1.46 bits per heavy atom. The first-order valence-corrected chi connectivity index (χ1v) is 16.2. The molecule has 0 aliphatic heterocycles. The molecule has 212 valence electrons. The van der Waals surface area contributed by atoms with Crippen molar-refractivity contribution in [2.75, 3.05) is 39.4 Å². The Bertz CT molecular complexity index is 1360. The van der Waals surface area contributed by atoms with Crippen LogP contribution in [0, 0.1) is 0 Å². The van der Waals surface area contributed by atoms with Crippen molar-refractivity contribution in [1.29, 1.82) is 0 Å². The van der Waals surface area contributed by atoms with Crippen molar-refractivity contribution in [3.63, 3.8) is 0 Å². The molecular formula is C26H31Cl2N3O6S2. The van der Waals surface area contributed by atoms with E-state index in [4.69, 9.17) is 23.2 Å². The number of carbonyl (C=O) groups excluding carboxylic acids is 1. The summed E-state index contributed by atoms with van der Waals surface area (Å²) >= 11 is 11.1. The molecule has 0 spiro atoms. The summed E-state index contributed by atoms with van der Waals surface area (Å²) in [7, 11) is -5.49. The van der Waals surface area contributed by atoms with Crippen LogP contribution in [-0.4, -0.2) is 58.2 Å². The third-order valence-electron chi connectivity index (χ3n) is 5.06. The highest BCUT2D eigenvalue weighted by atomic mass is 35.5. The van der Waals surface area contributed by atoms with Crippen molar-refractivity contribution >= 4 is 60.6 Å². The van der Waals surface area contributed by atoms with E-state index in [9.17, 15) is 21.6 Å². The number of esters is 1. The van der Waals surface area contributed by atoms with Gasteiger partial charge in [-0.3, -0.25) is 14.0 Å². The fourth-order valence-electron chi connectivity index (χ4n) is 3.18. The summed E-state index contributed by atoms with van der Waals surface area (Å²) in [5.41, 5.74) is 1.96. The maximum absolute atomic E-state index is 12.7. The molecule has 1 N–H and O–H groups in total. The molecule has 0 aliphatic carbocycles. The molecule has 2 aromatic carbocycles. The number of rotatable bonds is 13. The van der Waals surface area contributed by atoms with E-state index in [2.05, 4.69) is 14.4 Å². The fraction of sp³-hybridized carbons (Fsp3) is 0.308. The molecule has 3 rings (SSSR count). The van der Waals surface area contributed by atoms with Crippen LogP contribution >= 0.6 is 23.2 Å². The van der Waals surface area contributed by atoms with E-state index >= 15 is 0 Å². The average molecular weight is 617 g/mol. The minimum absolute atomic E-state index is 0.0500. The molecule has 0 atom stereocenters. The molecule has 39 heavy (non-hydrogen) atoms. The quantitative estimate of drug-likeness (QED) is 0.214. The summed E-state index contributed by atoms with van der Waals surface area (Å²) in [4.78, 5) is 15.6. The standard InChI is InChI=1S/C17H19ClN2O4S.C9H12ClNO2S/c1-24-17(21)14-8-9-15(19-12-14)13-20(16-6-3-2-4-7-16)25(22,23)11-5-10-18;10-7-4-8-14(12,13)11-9-5-2-1-3-6-9/h2-4,6-9,12H,5,10-11,13H2,1H3;1-3,5-6,11H,4,7-8H2. The van der Waals surface area contributed by atoms with Gasteiger partial charge >= 0.3 is 5.97 Å². The number of carbonyl (C=O) groups is 1. The molecule has 1 aromatic heterocycles. The van der Waals surface area contributed by atoms with E-state index in [1.54, 1.807) is 60.7 Å². The Morgan fingerprint density at radius 3 is 2.00 bits per heavy atom. The molecule has 0 amide bonds. The minimum atomic E-state index is -3.55. The van der Waals surface area contributed by atoms with Crippen molar-refractivity contribution < 1.29 is 26.4 Å². The number of methoxy groups -OCH3 is 1. The van der Waals surface area contributed by atoms with E-state index in [1.807, 2.05) is 12.1 Å². The first kappa shape index (κ1) is 32.4. The number of nitrogens with one attached hydrogen (secondary N) is 1. The van der Waals surface area contributed by atoms with Gasteiger partial charge < -0.3 is 4.74 Å². The van der Waals surface area contributed by atoms with E-state index in [0.717, 1.165) is 0 Å². The van der Waals surface area contributed by atoms with Crippen molar-refractivity contribution in [3.8, 4) is 0 Å². The molecule has 9 nitrogen and oxygen atoms in total. The third-order valence-corrected chi connectivity index (χ3v) is 8.78. The smallest absolute Gasteiger partial charge is 0.339 e. The zero-order valence-electron chi connectivity index (χ0n) is 21.4. The normalized spacial score (nSPS) is 11.2. The molecule has 0 saturated carbocycles. The number of hydrogen-bond donors (Lipinski definition) is 1. The molecule has 0 saturated heterocycles. The number of para-hydroxylation sites is 2. The van der Waals surface area contributed by atoms with E-state index in [0.29, 0.717) is 41.4 Å². The monoisotopic (exact) mass is 615 g/mol. The summed E-state index contributed by atoms with van der Waals surface area (Å²) in [6, 6.07) is 20.8. The third kappa shape index (κ3) is 11.4. The SMILES string of the molecule is COC(=O)c1ccc(CN(c2ccccc2)S(=O)(=O)CCCCl)nc1.O=S(=O)(CCCCl)Nc1ccccc1. The number of sulfonamides is 2. The van der Waals surface area contributed by atoms with Gasteiger partial charge in [-0.25, -0.2) is 21.6 Å². The van der Waals surface area contributed by atoms with Gasteiger partial charge in [0.05, 0.1) is 42.1 Å². The van der Waals surface area contributed by atoms with Crippen LogP contribution in [0.1, 0.15) is 28.9 Å². The Hall–Kier alpha value is -2.86. The van der Waals surface area contributed by atoms with Crippen LogP contribution in [-0.2, 0) is 31.3 Å². The van der Waals surface area contributed by atoms with Crippen molar-refractivity contribution in [2.45, 2.75) is 19.4 Å². The minimum Gasteiger partial charge on any atom is -0.465 e. The second-order valence-electron chi connectivity index (χ2n) is 8.06. The van der Waals surface area contributed by atoms with Crippen LogP contribution in [0.4, 0.5) is 11.4 Å². The van der Waals surface area contributed by atoms with Gasteiger partial charge in [-0.15, -0.1) is 23.2 Å². The Morgan fingerprint density at radius 1 is 0.872 bits per heavy atom. The Kier molecular flexibility index (Phi) is 13.5. The van der Waals surface area contributed by atoms with Gasteiger partial charge in [-0.1, -0.05) is 36.4 Å². The lowest BCUT2D eigenvalue weighted by molar-refractivity contribution is 0.0600. The van der Waals surface area contributed by atoms with Gasteiger partial charge in [-0.05, 0) is 49.2 Å². The van der Waals surface area contributed by atoms with E-state index < -0.39 is 26.0 Å². The van der Waals surface area contributed by atoms with Crippen LogP contribution in [0.25, 0.3) is 0 Å². The number of aromatic nitrogens is 1. The highest BCUT2D eigenvalue weighted by molar-refractivity contribution is 7.93. The molecule has 0 radical (unpaired) electrons. The topological polar surface area (TPSA) is 123 Å². The van der Waals surface area contributed by atoms with Gasteiger partial charge in [-0.2, -0.15) is 0 Å². The van der Waals surface area contributed by atoms with Crippen LogP contribution in [0.2, 0.25) is 0 Å². The lowest BCUT2D eigenvalue weighted by Gasteiger charge is -2.24. The van der Waals surface area contributed by atoms with Crippen molar-refractivity contribution in [1.82, 2.24) is 4.98 Å². The molecule has 0 aliphatic rings. The van der Waals surface area contributed by atoms with E-state index in [1.165, 1.54) is 17.6 Å². The van der Waals surface area contributed by atoms with Crippen LogP contribution in [0.5, 0.6) is 0 Å². The highest BCUT2D eigenvalue weighted by Gasteiger charge is 2.23. The van der Waals surface area contributed by atoms with Gasteiger partial charge in [0.1, 0.15) is 0 Å². The molecular weight excluding hydrogens is 585 g/mol. The molecule has 1 heterocycles. The Labute approximate surface area is 240 Å². The lowest BCUT2D eigenvalue weighted by atomic mass is 10.2. The number of benzene rings is 2. The number of alkyl halides is 2. The first-order valence-electron chi connectivity index (χ1n) is 11.9. The number of halogens is 2. The number of ether oxygens (including phenoxy) is 1. The largest absolute Gasteiger partial charge is 0.465 e. The molecule has 3 aromatic rings. The van der Waals surface area contributed by atoms with Crippen LogP contribution in [0.3, 0.4) is 0 Å².